The molecule has 15 heavy (non-hydrogen) atoms. The third kappa shape index (κ3) is 2.91. The second kappa shape index (κ2) is 5.09. The maximum atomic E-state index is 10.8. The Morgan fingerprint density at radius 3 is 3.13 bits per heavy atom. The monoisotopic (exact) mass is 227 g/mol. The van der Waals surface area contributed by atoms with Gasteiger partial charge in [-0.25, -0.2) is 0 Å². The molecule has 0 saturated heterocycles. The molecule has 2 heterocycles. The number of hydrogen-bond acceptors (Lipinski definition) is 3. The van der Waals surface area contributed by atoms with Crippen molar-refractivity contribution < 1.29 is 4.79 Å². The second-order valence-corrected chi connectivity index (χ2v) is 3.44. The number of nitrogens with one attached hydrogen (secondary N) is 2. The van der Waals surface area contributed by atoms with Crippen LogP contribution < -0.4 is 10.6 Å². The van der Waals surface area contributed by atoms with Crippen molar-refractivity contribution in [3.05, 3.63) is 23.5 Å². The van der Waals surface area contributed by atoms with Crippen LogP contribution in [0.4, 0.5) is 5.69 Å². The van der Waals surface area contributed by atoms with Gasteiger partial charge in [-0.3, -0.25) is 9.78 Å². The zero-order valence-corrected chi connectivity index (χ0v) is 9.36. The van der Waals surface area contributed by atoms with Crippen LogP contribution in [0.5, 0.6) is 0 Å². The number of pyridine rings is 1. The Labute approximate surface area is 94.9 Å². The standard InChI is InChI=1S/C10H13N3O.ClH/c1-7(14)13-9-4-8-5-11-3-2-10(8)12-6-9;/h4,6,11H,2-3,5H2,1H3,(H,13,14);1H. The number of fused-ring (bicyclic) bond motifs is 1. The Bertz CT molecular complexity index is 368. The van der Waals surface area contributed by atoms with Crippen molar-refractivity contribution in [1.82, 2.24) is 10.3 Å². The summed E-state index contributed by atoms with van der Waals surface area (Å²) in [6.07, 6.45) is 2.68. The fourth-order valence-electron chi connectivity index (χ4n) is 1.62. The first-order valence-corrected chi connectivity index (χ1v) is 4.72. The number of rotatable bonds is 1. The molecular formula is C10H14ClN3O. The molecule has 4 nitrogen and oxygen atoms in total. The lowest BCUT2D eigenvalue weighted by atomic mass is 10.1. The van der Waals surface area contributed by atoms with Crippen LogP contribution in [0.25, 0.3) is 0 Å². The van der Waals surface area contributed by atoms with Gasteiger partial charge in [-0.1, -0.05) is 0 Å². The normalized spacial score (nSPS) is 13.7. The minimum atomic E-state index is -0.0597. The number of anilines is 1. The highest BCUT2D eigenvalue weighted by Gasteiger charge is 2.10. The van der Waals surface area contributed by atoms with E-state index in [0.717, 1.165) is 30.9 Å². The molecule has 0 radical (unpaired) electrons. The van der Waals surface area contributed by atoms with Crippen LogP contribution in [0.15, 0.2) is 12.3 Å². The molecule has 0 bridgehead atoms. The Hall–Kier alpha value is -1.13. The average Bonchev–Trinajstić information content (AvgIpc) is 2.17. The molecule has 0 atom stereocenters. The first-order chi connectivity index (χ1) is 6.75. The molecule has 1 aromatic rings. The van der Waals surface area contributed by atoms with Crippen LogP contribution >= 0.6 is 12.4 Å². The van der Waals surface area contributed by atoms with Crippen molar-refractivity contribution in [2.45, 2.75) is 19.9 Å². The number of amides is 1. The van der Waals surface area contributed by atoms with E-state index in [1.54, 1.807) is 6.20 Å². The SMILES string of the molecule is CC(=O)Nc1cnc2c(c1)CNCC2.Cl. The third-order valence-corrected chi connectivity index (χ3v) is 2.23. The molecule has 2 rings (SSSR count). The molecule has 82 valence electrons. The predicted octanol–water partition coefficient (Wildman–Crippen LogP) is 1.11. The largest absolute Gasteiger partial charge is 0.325 e. The van der Waals surface area contributed by atoms with Crippen LogP contribution in [0, 0.1) is 0 Å². The Balaban J connectivity index is 0.00000112. The van der Waals surface area contributed by atoms with Gasteiger partial charge in [0.15, 0.2) is 0 Å². The molecular weight excluding hydrogens is 214 g/mol. The predicted molar refractivity (Wildman–Crippen MR) is 61.2 cm³/mol. The second-order valence-electron chi connectivity index (χ2n) is 3.44. The van der Waals surface area contributed by atoms with Crippen molar-refractivity contribution in [1.29, 1.82) is 0 Å². The smallest absolute Gasteiger partial charge is 0.221 e. The maximum absolute atomic E-state index is 10.8. The van der Waals surface area contributed by atoms with Crippen LogP contribution in [-0.4, -0.2) is 17.4 Å². The highest BCUT2D eigenvalue weighted by atomic mass is 35.5. The molecule has 5 heteroatoms. The summed E-state index contributed by atoms with van der Waals surface area (Å²) in [7, 11) is 0. The van der Waals surface area contributed by atoms with Crippen molar-refractivity contribution in [2.75, 3.05) is 11.9 Å². The summed E-state index contributed by atoms with van der Waals surface area (Å²) in [5.74, 6) is -0.0597. The minimum absolute atomic E-state index is 0. The Morgan fingerprint density at radius 1 is 1.60 bits per heavy atom. The summed E-state index contributed by atoms with van der Waals surface area (Å²) in [6, 6.07) is 1.98. The lowest BCUT2D eigenvalue weighted by Crippen LogP contribution is -2.24. The van der Waals surface area contributed by atoms with E-state index in [9.17, 15) is 4.79 Å². The van der Waals surface area contributed by atoms with E-state index in [1.807, 2.05) is 6.07 Å². The summed E-state index contributed by atoms with van der Waals surface area (Å²) in [5, 5.41) is 5.99. The van der Waals surface area contributed by atoms with Gasteiger partial charge in [-0.05, 0) is 11.6 Å². The van der Waals surface area contributed by atoms with Crippen molar-refractivity contribution in [3.8, 4) is 0 Å². The first kappa shape index (κ1) is 11.9. The average molecular weight is 228 g/mol. The van der Waals surface area contributed by atoms with Crippen molar-refractivity contribution in [3.63, 3.8) is 0 Å². The fourth-order valence-corrected chi connectivity index (χ4v) is 1.62. The van der Waals surface area contributed by atoms with Gasteiger partial charge in [0.05, 0.1) is 11.9 Å². The summed E-state index contributed by atoms with van der Waals surface area (Å²) in [4.78, 5) is 15.1. The van der Waals surface area contributed by atoms with Gasteiger partial charge < -0.3 is 10.6 Å². The number of halogens is 1. The van der Waals surface area contributed by atoms with E-state index in [4.69, 9.17) is 0 Å². The van der Waals surface area contributed by atoms with Gasteiger partial charge >= 0.3 is 0 Å². The van der Waals surface area contributed by atoms with Gasteiger partial charge in [0.2, 0.25) is 5.91 Å². The molecule has 2 N–H and O–H groups in total. The summed E-state index contributed by atoms with van der Waals surface area (Å²) in [5.41, 5.74) is 3.10. The number of carbonyl (C=O) groups is 1. The van der Waals surface area contributed by atoms with E-state index in [-0.39, 0.29) is 18.3 Å². The van der Waals surface area contributed by atoms with Crippen molar-refractivity contribution in [2.24, 2.45) is 0 Å². The van der Waals surface area contributed by atoms with Gasteiger partial charge in [0.25, 0.3) is 0 Å². The van der Waals surface area contributed by atoms with E-state index < -0.39 is 0 Å². The molecule has 0 aromatic carbocycles. The van der Waals surface area contributed by atoms with Gasteiger partial charge in [-0.2, -0.15) is 0 Å². The number of hydrogen-bond donors (Lipinski definition) is 2. The fraction of sp³-hybridized carbons (Fsp3) is 0.400. The zero-order valence-electron chi connectivity index (χ0n) is 8.54. The molecule has 1 aliphatic rings. The van der Waals surface area contributed by atoms with Gasteiger partial charge in [0, 0.05) is 32.1 Å². The highest BCUT2D eigenvalue weighted by Crippen LogP contribution is 2.15. The van der Waals surface area contributed by atoms with Crippen molar-refractivity contribution >= 4 is 24.0 Å². The van der Waals surface area contributed by atoms with Crippen LogP contribution in [0.1, 0.15) is 18.2 Å². The molecule has 0 spiro atoms. The van der Waals surface area contributed by atoms with Gasteiger partial charge in [0.1, 0.15) is 0 Å². The molecule has 0 unspecified atom stereocenters. The number of carbonyl (C=O) groups excluding carboxylic acids is 1. The molecule has 0 saturated carbocycles. The van der Waals surface area contributed by atoms with E-state index in [0.29, 0.717) is 0 Å². The summed E-state index contributed by atoms with van der Waals surface area (Å²) >= 11 is 0. The van der Waals surface area contributed by atoms with Gasteiger partial charge in [-0.15, -0.1) is 12.4 Å². The van der Waals surface area contributed by atoms with Crippen LogP contribution in [0.3, 0.4) is 0 Å². The lowest BCUT2D eigenvalue weighted by Gasteiger charge is -2.16. The number of aromatic nitrogens is 1. The van der Waals surface area contributed by atoms with Crippen LogP contribution in [-0.2, 0) is 17.8 Å². The Morgan fingerprint density at radius 2 is 2.40 bits per heavy atom. The van der Waals surface area contributed by atoms with Crippen LogP contribution in [0.2, 0.25) is 0 Å². The molecule has 0 aliphatic carbocycles. The summed E-state index contributed by atoms with van der Waals surface area (Å²) < 4.78 is 0. The van der Waals surface area contributed by atoms with E-state index in [2.05, 4.69) is 15.6 Å². The minimum Gasteiger partial charge on any atom is -0.325 e. The highest BCUT2D eigenvalue weighted by molar-refractivity contribution is 5.88. The Kier molecular flexibility index (Phi) is 4.05. The molecule has 0 fully saturated rings. The van der Waals surface area contributed by atoms with E-state index in [1.165, 1.54) is 12.5 Å². The summed E-state index contributed by atoms with van der Waals surface area (Å²) in [6.45, 7) is 3.33. The van der Waals surface area contributed by atoms with E-state index >= 15 is 0 Å². The first-order valence-electron chi connectivity index (χ1n) is 4.72. The maximum Gasteiger partial charge on any atom is 0.221 e. The molecule has 1 aromatic heterocycles. The third-order valence-electron chi connectivity index (χ3n) is 2.23. The zero-order chi connectivity index (χ0) is 9.97. The lowest BCUT2D eigenvalue weighted by molar-refractivity contribution is -0.114. The topological polar surface area (TPSA) is 54.0 Å². The number of nitrogens with zero attached hydrogens (tertiary/aromatic N) is 1. The quantitative estimate of drug-likeness (QED) is 0.756. The molecule has 1 amide bonds. The molecule has 1 aliphatic heterocycles.